The van der Waals surface area contributed by atoms with Crippen molar-refractivity contribution in [3.8, 4) is 66.8 Å². The largest absolute Gasteiger partial charge is 0.455 e. The van der Waals surface area contributed by atoms with Crippen molar-refractivity contribution in [3.05, 3.63) is 279 Å². The van der Waals surface area contributed by atoms with Crippen LogP contribution >= 0.6 is 0 Å². The Morgan fingerprint density at radius 1 is 0.182 bits per heavy atom. The first-order valence-corrected chi connectivity index (χ1v) is 26.6. The molecule has 0 saturated carbocycles. The van der Waals surface area contributed by atoms with Gasteiger partial charge >= 0.3 is 0 Å². The second kappa shape index (κ2) is 17.2. The number of para-hydroxylation sites is 2. The van der Waals surface area contributed by atoms with Crippen LogP contribution in [-0.2, 0) is 0 Å². The van der Waals surface area contributed by atoms with Crippen LogP contribution in [0.2, 0.25) is 0 Å². The van der Waals surface area contributed by atoms with Crippen LogP contribution in [0, 0.1) is 0 Å². The minimum atomic E-state index is 0.904. The Morgan fingerprint density at radius 3 is 1.06 bits per heavy atom. The van der Waals surface area contributed by atoms with Crippen molar-refractivity contribution in [1.29, 1.82) is 0 Å². The molecule has 77 heavy (non-hydrogen) atoms. The lowest BCUT2D eigenvalue weighted by atomic mass is 9.83. The van der Waals surface area contributed by atoms with E-state index in [0.29, 0.717) is 0 Å². The summed E-state index contributed by atoms with van der Waals surface area (Å²) >= 11 is 0. The minimum Gasteiger partial charge on any atom is -0.455 e. The van der Waals surface area contributed by atoms with E-state index in [1.54, 1.807) is 0 Å². The normalized spacial score (nSPS) is 11.9. The fourth-order valence-corrected chi connectivity index (χ4v) is 12.9. The van der Waals surface area contributed by atoms with Crippen LogP contribution in [0.4, 0.5) is 0 Å². The summed E-state index contributed by atoms with van der Waals surface area (Å²) in [6.45, 7) is 0. The van der Waals surface area contributed by atoms with E-state index in [-0.39, 0.29) is 0 Å². The molecule has 0 atom stereocenters. The molecule has 1 heteroatoms. The summed E-state index contributed by atoms with van der Waals surface area (Å²) in [6.07, 6.45) is 0. The monoisotopic (exact) mass is 974 g/mol. The topological polar surface area (TPSA) is 13.1 Å². The summed E-state index contributed by atoms with van der Waals surface area (Å²) < 4.78 is 6.71. The van der Waals surface area contributed by atoms with Crippen molar-refractivity contribution >= 4 is 97.3 Å². The molecule has 1 nitrogen and oxygen atoms in total. The predicted molar refractivity (Wildman–Crippen MR) is 329 cm³/mol. The Hall–Kier alpha value is -10.1. The van der Waals surface area contributed by atoms with Gasteiger partial charge in [0.1, 0.15) is 11.2 Å². The molecule has 0 N–H and O–H groups in total. The maximum atomic E-state index is 6.71. The molecule has 0 saturated heterocycles. The van der Waals surface area contributed by atoms with Crippen LogP contribution in [-0.4, -0.2) is 0 Å². The van der Waals surface area contributed by atoms with E-state index in [0.717, 1.165) is 27.5 Å². The molecule has 0 unspecified atom stereocenters. The minimum absolute atomic E-state index is 0.904. The molecule has 0 aliphatic heterocycles. The molecule has 0 radical (unpaired) electrons. The maximum absolute atomic E-state index is 6.71. The fraction of sp³-hybridized carbons (Fsp3) is 0. The van der Waals surface area contributed by atoms with E-state index < -0.39 is 0 Å². The molecule has 0 fully saturated rings. The van der Waals surface area contributed by atoms with Crippen molar-refractivity contribution in [2.75, 3.05) is 0 Å². The summed E-state index contributed by atoms with van der Waals surface area (Å²) in [7, 11) is 0. The molecule has 15 aromatic carbocycles. The molecule has 16 aromatic rings. The molecular formula is C76H46O. The third-order valence-corrected chi connectivity index (χ3v) is 16.4. The molecule has 0 amide bonds. The standard InChI is InChI=1S/C76H46O/c1-2-17-52-44-53(41-36-47(52)16-1)48-34-39-51(40-35-48)72-57-21-3-5-23-59(57)73(60-24-6-4-22-58(60)72)65-29-13-18-49-37-42-54(45-69(49)65)55-43-38-50-19-14-30-66(70(50)46-55)74-61-25-7-9-27-63(61)75(64-28-10-8-26-62(64)74)68-32-15-31-67-56-20-11-12-33-71(56)77-76(67)68/h1-46H. The third-order valence-electron chi connectivity index (χ3n) is 16.4. The zero-order chi connectivity index (χ0) is 50.6. The van der Waals surface area contributed by atoms with Gasteiger partial charge in [0.25, 0.3) is 0 Å². The molecule has 0 aliphatic rings. The van der Waals surface area contributed by atoms with Gasteiger partial charge in [-0.2, -0.15) is 0 Å². The van der Waals surface area contributed by atoms with Gasteiger partial charge in [0.2, 0.25) is 0 Å². The second-order valence-electron chi connectivity index (χ2n) is 20.6. The van der Waals surface area contributed by atoms with Gasteiger partial charge in [-0.15, -0.1) is 0 Å². The van der Waals surface area contributed by atoms with Gasteiger partial charge in [0.15, 0.2) is 0 Å². The van der Waals surface area contributed by atoms with Crippen LogP contribution in [0.1, 0.15) is 0 Å². The Bertz CT molecular complexity index is 4980. The number of rotatable bonds is 6. The van der Waals surface area contributed by atoms with Crippen LogP contribution in [0.25, 0.3) is 164 Å². The lowest BCUT2D eigenvalue weighted by Gasteiger charge is -2.20. The second-order valence-corrected chi connectivity index (χ2v) is 20.6. The third kappa shape index (κ3) is 6.81. The average Bonchev–Trinajstić information content (AvgIpc) is 3.96. The van der Waals surface area contributed by atoms with Gasteiger partial charge in [-0.25, -0.2) is 0 Å². The first-order valence-electron chi connectivity index (χ1n) is 26.6. The Morgan fingerprint density at radius 2 is 0.532 bits per heavy atom. The van der Waals surface area contributed by atoms with Gasteiger partial charge in [-0.3, -0.25) is 0 Å². The summed E-state index contributed by atoms with van der Waals surface area (Å²) in [5.74, 6) is 0. The molecule has 1 aromatic heterocycles. The molecular weight excluding hydrogens is 929 g/mol. The van der Waals surface area contributed by atoms with E-state index in [1.807, 2.05) is 6.07 Å². The van der Waals surface area contributed by atoms with Gasteiger partial charge in [0.05, 0.1) is 0 Å². The van der Waals surface area contributed by atoms with Gasteiger partial charge in [-0.1, -0.05) is 255 Å². The highest BCUT2D eigenvalue weighted by molar-refractivity contribution is 6.27. The smallest absolute Gasteiger partial charge is 0.143 e. The molecule has 16 rings (SSSR count). The zero-order valence-corrected chi connectivity index (χ0v) is 42.0. The molecule has 0 spiro atoms. The number of benzene rings is 15. The van der Waals surface area contributed by atoms with Crippen LogP contribution in [0.5, 0.6) is 0 Å². The average molecular weight is 975 g/mol. The van der Waals surface area contributed by atoms with Gasteiger partial charge in [0, 0.05) is 21.9 Å². The van der Waals surface area contributed by atoms with E-state index in [1.165, 1.54) is 137 Å². The highest BCUT2D eigenvalue weighted by atomic mass is 16.3. The lowest BCUT2D eigenvalue weighted by Crippen LogP contribution is -1.92. The van der Waals surface area contributed by atoms with Crippen molar-refractivity contribution in [2.24, 2.45) is 0 Å². The highest BCUT2D eigenvalue weighted by Crippen LogP contribution is 2.49. The fourth-order valence-electron chi connectivity index (χ4n) is 12.9. The van der Waals surface area contributed by atoms with Crippen LogP contribution in [0.3, 0.4) is 0 Å². The molecule has 0 aliphatic carbocycles. The molecule has 356 valence electrons. The summed E-state index contributed by atoms with van der Waals surface area (Å²) in [6, 6.07) is 103. The van der Waals surface area contributed by atoms with Crippen LogP contribution < -0.4 is 0 Å². The Labute approximate surface area is 445 Å². The quantitative estimate of drug-likeness (QED) is 0.151. The van der Waals surface area contributed by atoms with Gasteiger partial charge < -0.3 is 4.42 Å². The first kappa shape index (κ1) is 43.3. The number of hydrogen-bond acceptors (Lipinski definition) is 1. The van der Waals surface area contributed by atoms with Crippen molar-refractivity contribution in [2.45, 2.75) is 0 Å². The SMILES string of the molecule is c1ccc2cc(-c3ccc(-c4c5ccccc5c(-c5cccc6ccc(-c7ccc8cccc(-c9c%10ccccc%10c(-c%10cccc%11c%10oc%10ccccc%10%11)c%10ccccc9%10)c8c7)cc56)c5ccccc45)cc3)ccc2c1. The molecule has 1 heterocycles. The van der Waals surface area contributed by atoms with Crippen molar-refractivity contribution in [1.82, 2.24) is 0 Å². The van der Waals surface area contributed by atoms with Gasteiger partial charge in [-0.05, 0) is 155 Å². The number of furan rings is 1. The first-order chi connectivity index (χ1) is 38.2. The van der Waals surface area contributed by atoms with E-state index in [2.05, 4.69) is 273 Å². The van der Waals surface area contributed by atoms with Crippen LogP contribution in [0.15, 0.2) is 283 Å². The molecule has 0 bridgehead atoms. The summed E-state index contributed by atoms with van der Waals surface area (Å²) in [5, 5.41) is 19.5. The van der Waals surface area contributed by atoms with E-state index in [9.17, 15) is 0 Å². The van der Waals surface area contributed by atoms with Crippen molar-refractivity contribution < 1.29 is 4.42 Å². The highest BCUT2D eigenvalue weighted by Gasteiger charge is 2.23. The summed E-state index contributed by atoms with van der Waals surface area (Å²) in [5.41, 5.74) is 16.3. The zero-order valence-electron chi connectivity index (χ0n) is 42.0. The van der Waals surface area contributed by atoms with E-state index in [4.69, 9.17) is 4.42 Å². The Kier molecular flexibility index (Phi) is 9.71. The number of fused-ring (bicyclic) bond motifs is 10. The summed E-state index contributed by atoms with van der Waals surface area (Å²) in [4.78, 5) is 0. The van der Waals surface area contributed by atoms with E-state index >= 15 is 0 Å². The Balaban J connectivity index is 0.849. The predicted octanol–water partition coefficient (Wildman–Crippen LogP) is 21.7. The lowest BCUT2D eigenvalue weighted by molar-refractivity contribution is 0.670. The number of hydrogen-bond donors (Lipinski definition) is 0. The maximum Gasteiger partial charge on any atom is 0.143 e. The van der Waals surface area contributed by atoms with Crippen molar-refractivity contribution in [3.63, 3.8) is 0 Å².